The highest BCUT2D eigenvalue weighted by Gasteiger charge is 2.25. The molecule has 13 heteroatoms. The van der Waals surface area contributed by atoms with Gasteiger partial charge >= 0.3 is 5.69 Å². The topological polar surface area (TPSA) is 156 Å². The number of hydrogen-bond donors (Lipinski definition) is 2. The fraction of sp³-hybridized carbons (Fsp3) is 0.235. The van der Waals surface area contributed by atoms with Crippen LogP contribution < -0.4 is 20.9 Å². The number of hydrogen-bond acceptors (Lipinski definition) is 8. The van der Waals surface area contributed by atoms with Gasteiger partial charge in [-0.3, -0.25) is 14.5 Å². The van der Waals surface area contributed by atoms with E-state index in [9.17, 15) is 10.1 Å². The zero-order valence-corrected chi connectivity index (χ0v) is 18.2. The van der Waals surface area contributed by atoms with Gasteiger partial charge in [0.2, 0.25) is 5.96 Å². The summed E-state index contributed by atoms with van der Waals surface area (Å²) in [5.41, 5.74) is 13.1. The summed E-state index contributed by atoms with van der Waals surface area (Å²) in [4.78, 5) is 17.3. The van der Waals surface area contributed by atoms with Crippen LogP contribution in [0.5, 0.6) is 11.5 Å². The largest absolute Gasteiger partial charge is 0.496 e. The average Bonchev–Trinajstić information content (AvgIpc) is 3.16. The third-order valence-corrected chi connectivity index (χ3v) is 5.34. The molecule has 30 heavy (non-hydrogen) atoms. The third-order valence-electron chi connectivity index (χ3n) is 4.28. The van der Waals surface area contributed by atoms with Crippen molar-refractivity contribution in [1.29, 1.82) is 0 Å². The summed E-state index contributed by atoms with van der Waals surface area (Å²) in [5, 5.41) is 18.9. The number of halogens is 1. The number of benzene rings is 1. The predicted octanol–water partition coefficient (Wildman–Crippen LogP) is 2.63. The zero-order valence-electron chi connectivity index (χ0n) is 16.6. The first-order valence-corrected chi connectivity index (χ1v) is 9.11. The maximum Gasteiger partial charge on any atom is 0.314 e. The highest BCUT2D eigenvalue weighted by Crippen LogP contribution is 2.41. The summed E-state index contributed by atoms with van der Waals surface area (Å²) in [5.74, 6) is 0.174. The van der Waals surface area contributed by atoms with E-state index in [4.69, 9.17) is 25.9 Å². The molecule has 4 N–H and O–H groups in total. The maximum absolute atomic E-state index is 11.3. The number of rotatable bonds is 6. The molecule has 0 unspecified atom stereocenters. The SMILES string of the molecule is COc1cc([N+](=O)[O-])c(OC)cc1-c1nc2sc(C)c(C)n2c1/C=N/N=C(N)N.Cl. The van der Waals surface area contributed by atoms with Gasteiger partial charge in [-0.1, -0.05) is 0 Å². The summed E-state index contributed by atoms with van der Waals surface area (Å²) >= 11 is 1.50. The van der Waals surface area contributed by atoms with Crippen molar-refractivity contribution in [2.75, 3.05) is 14.2 Å². The van der Waals surface area contributed by atoms with Crippen LogP contribution in [-0.4, -0.2) is 40.7 Å². The van der Waals surface area contributed by atoms with Crippen molar-refractivity contribution < 1.29 is 14.4 Å². The summed E-state index contributed by atoms with van der Waals surface area (Å²) in [6.07, 6.45) is 1.47. The Morgan fingerprint density at radius 2 is 1.93 bits per heavy atom. The second-order valence-corrected chi connectivity index (χ2v) is 7.14. The summed E-state index contributed by atoms with van der Waals surface area (Å²) in [6.45, 7) is 3.94. The molecule has 0 aliphatic rings. The molecule has 0 saturated heterocycles. The molecule has 0 saturated carbocycles. The van der Waals surface area contributed by atoms with E-state index in [0.29, 0.717) is 17.0 Å². The van der Waals surface area contributed by atoms with Gasteiger partial charge in [0.25, 0.3) is 0 Å². The Kier molecular flexibility index (Phi) is 6.84. The lowest BCUT2D eigenvalue weighted by molar-refractivity contribution is -0.385. The standard InChI is InChI=1S/C17H19N7O4S.ClH/c1-8-9(2)29-17-21-15(12(23(8)17)7-20-22-16(18)19)10-5-14(28-4)11(24(25)26)6-13(10)27-3;/h5-7H,1-4H3,(H4,18,19,22);1H/b20-7+;. The van der Waals surface area contributed by atoms with Crippen LogP contribution >= 0.6 is 23.7 Å². The molecule has 3 aromatic rings. The molecule has 0 aliphatic heterocycles. The van der Waals surface area contributed by atoms with Crippen LogP contribution in [0.3, 0.4) is 0 Å². The van der Waals surface area contributed by atoms with Gasteiger partial charge in [0.05, 0.1) is 37.1 Å². The molecule has 3 rings (SSSR count). The fourth-order valence-corrected chi connectivity index (χ4v) is 3.83. The smallest absolute Gasteiger partial charge is 0.314 e. The first kappa shape index (κ1) is 22.9. The maximum atomic E-state index is 11.3. The van der Waals surface area contributed by atoms with Crippen LogP contribution in [0.2, 0.25) is 0 Å². The molecule has 0 aliphatic carbocycles. The van der Waals surface area contributed by atoms with E-state index in [1.165, 1.54) is 43.9 Å². The minimum atomic E-state index is -0.536. The van der Waals surface area contributed by atoms with Gasteiger partial charge < -0.3 is 20.9 Å². The van der Waals surface area contributed by atoms with Gasteiger partial charge in [-0.25, -0.2) is 4.98 Å². The normalized spacial score (nSPS) is 10.8. The molecule has 160 valence electrons. The molecule has 0 radical (unpaired) electrons. The summed E-state index contributed by atoms with van der Waals surface area (Å²) < 4.78 is 12.5. The van der Waals surface area contributed by atoms with Crippen molar-refractivity contribution in [2.24, 2.45) is 21.7 Å². The number of ether oxygens (including phenoxy) is 2. The first-order chi connectivity index (χ1) is 13.8. The van der Waals surface area contributed by atoms with E-state index in [1.807, 2.05) is 18.2 Å². The Labute approximate surface area is 181 Å². The van der Waals surface area contributed by atoms with Crippen LogP contribution in [0.1, 0.15) is 16.3 Å². The van der Waals surface area contributed by atoms with E-state index in [-0.39, 0.29) is 35.6 Å². The number of aryl methyl sites for hydroxylation is 2. The Morgan fingerprint density at radius 3 is 2.50 bits per heavy atom. The number of nitro groups is 1. The number of imidazole rings is 1. The third kappa shape index (κ3) is 4.00. The molecule has 0 spiro atoms. The molecule has 0 bridgehead atoms. The molecular formula is C17H20ClN7O4S. The van der Waals surface area contributed by atoms with Crippen molar-refractivity contribution >= 4 is 46.6 Å². The summed E-state index contributed by atoms with van der Waals surface area (Å²) in [6, 6.07) is 2.82. The van der Waals surface area contributed by atoms with Crippen molar-refractivity contribution in [3.63, 3.8) is 0 Å². The monoisotopic (exact) mass is 453 g/mol. The van der Waals surface area contributed by atoms with Gasteiger partial charge in [0.15, 0.2) is 10.7 Å². The van der Waals surface area contributed by atoms with Gasteiger partial charge in [0, 0.05) is 22.2 Å². The molecule has 2 aromatic heterocycles. The number of thiazole rings is 1. The Bertz CT molecular complexity index is 1170. The van der Waals surface area contributed by atoms with E-state index in [2.05, 4.69) is 10.2 Å². The van der Waals surface area contributed by atoms with Gasteiger partial charge in [-0.15, -0.1) is 28.8 Å². The zero-order chi connectivity index (χ0) is 21.3. The Hall–Kier alpha value is -3.38. The predicted molar refractivity (Wildman–Crippen MR) is 118 cm³/mol. The second kappa shape index (κ2) is 8.97. The van der Waals surface area contributed by atoms with Crippen LogP contribution in [0, 0.1) is 24.0 Å². The van der Waals surface area contributed by atoms with Crippen molar-refractivity contribution in [3.05, 3.63) is 38.5 Å². The molecule has 0 atom stereocenters. The number of aromatic nitrogens is 2. The quantitative estimate of drug-likeness (QED) is 0.251. The number of nitro benzene ring substituents is 1. The highest BCUT2D eigenvalue weighted by molar-refractivity contribution is 7.17. The van der Waals surface area contributed by atoms with Crippen LogP contribution in [0.4, 0.5) is 5.69 Å². The minimum Gasteiger partial charge on any atom is -0.496 e. The molecule has 0 amide bonds. The Balaban J connectivity index is 0.00000320. The molecule has 11 nitrogen and oxygen atoms in total. The summed E-state index contributed by atoms with van der Waals surface area (Å²) in [7, 11) is 2.79. The number of nitrogens with two attached hydrogens (primary N) is 2. The van der Waals surface area contributed by atoms with E-state index >= 15 is 0 Å². The highest BCUT2D eigenvalue weighted by atomic mass is 35.5. The second-order valence-electron chi connectivity index (χ2n) is 5.96. The van der Waals surface area contributed by atoms with Crippen LogP contribution in [0.25, 0.3) is 16.2 Å². The average molecular weight is 454 g/mol. The number of methoxy groups -OCH3 is 2. The molecule has 0 fully saturated rings. The minimum absolute atomic E-state index is 0. The molecule has 2 heterocycles. The lowest BCUT2D eigenvalue weighted by Crippen LogP contribution is -2.21. The lowest BCUT2D eigenvalue weighted by atomic mass is 10.1. The first-order valence-electron chi connectivity index (χ1n) is 8.29. The van der Waals surface area contributed by atoms with Gasteiger partial charge in [-0.2, -0.15) is 5.10 Å². The number of fused-ring (bicyclic) bond motifs is 1. The van der Waals surface area contributed by atoms with E-state index in [0.717, 1.165) is 15.5 Å². The van der Waals surface area contributed by atoms with Gasteiger partial charge in [-0.05, 0) is 13.8 Å². The van der Waals surface area contributed by atoms with Crippen LogP contribution in [-0.2, 0) is 0 Å². The Morgan fingerprint density at radius 1 is 1.27 bits per heavy atom. The fourth-order valence-electron chi connectivity index (χ4n) is 2.85. The van der Waals surface area contributed by atoms with Crippen LogP contribution in [0.15, 0.2) is 22.3 Å². The molecular weight excluding hydrogens is 434 g/mol. The number of nitrogens with zero attached hydrogens (tertiary/aromatic N) is 5. The van der Waals surface area contributed by atoms with E-state index in [1.54, 1.807) is 0 Å². The number of guanidine groups is 1. The van der Waals surface area contributed by atoms with Crippen molar-refractivity contribution in [1.82, 2.24) is 9.38 Å². The molecule has 1 aromatic carbocycles. The lowest BCUT2D eigenvalue weighted by Gasteiger charge is -2.10. The van der Waals surface area contributed by atoms with E-state index < -0.39 is 4.92 Å². The van der Waals surface area contributed by atoms with Gasteiger partial charge in [0.1, 0.15) is 11.4 Å². The van der Waals surface area contributed by atoms with Crippen molar-refractivity contribution in [3.8, 4) is 22.8 Å². The van der Waals surface area contributed by atoms with Crippen molar-refractivity contribution in [2.45, 2.75) is 13.8 Å².